The SMILES string of the molecule is CC1CC(=Cc2ccc(-c3cccc([N+](=O)[O-])c3)o2)C(=O)C(=Cc2ccc(-c3cccc([N+](=O)[O-])c3)o2)C1. The van der Waals surface area contributed by atoms with Crippen LogP contribution >= 0.6 is 0 Å². The van der Waals surface area contributed by atoms with Gasteiger partial charge in [-0.05, 0) is 55.2 Å². The average molecular weight is 511 g/mol. The number of carbonyl (C=O) groups is 1. The van der Waals surface area contributed by atoms with Crippen LogP contribution < -0.4 is 0 Å². The van der Waals surface area contributed by atoms with Crippen LogP contribution in [0.2, 0.25) is 0 Å². The summed E-state index contributed by atoms with van der Waals surface area (Å²) in [5, 5.41) is 22.2. The number of hydrogen-bond acceptors (Lipinski definition) is 7. The van der Waals surface area contributed by atoms with Gasteiger partial charge in [0.2, 0.25) is 0 Å². The molecule has 0 aliphatic heterocycles. The molecule has 0 saturated heterocycles. The number of hydrogen-bond donors (Lipinski definition) is 0. The van der Waals surface area contributed by atoms with Gasteiger partial charge >= 0.3 is 0 Å². The number of allylic oxidation sites excluding steroid dienone is 2. The molecular weight excluding hydrogens is 488 g/mol. The van der Waals surface area contributed by atoms with Gasteiger partial charge in [0.1, 0.15) is 23.0 Å². The highest BCUT2D eigenvalue weighted by Crippen LogP contribution is 2.34. The summed E-state index contributed by atoms with van der Waals surface area (Å²) >= 11 is 0. The Bertz CT molecular complexity index is 1510. The number of carbonyl (C=O) groups excluding carboxylic acids is 1. The fourth-order valence-electron chi connectivity index (χ4n) is 4.52. The van der Waals surface area contributed by atoms with Crippen molar-refractivity contribution in [1.29, 1.82) is 0 Å². The van der Waals surface area contributed by atoms with Crippen LogP contribution in [0.15, 0.2) is 92.8 Å². The standard InChI is InChI=1S/C29H22N2O7/c1-18-12-21(16-25-8-10-27(37-25)19-4-2-6-23(14-19)30(33)34)29(32)22(13-18)17-26-9-11-28(38-26)20-5-3-7-24(15-20)31(35)36/h2-11,14-18H,12-13H2,1H3. The topological polar surface area (TPSA) is 130 Å². The predicted molar refractivity (Wildman–Crippen MR) is 141 cm³/mol. The lowest BCUT2D eigenvalue weighted by Gasteiger charge is -2.22. The quantitative estimate of drug-likeness (QED) is 0.149. The van der Waals surface area contributed by atoms with E-state index in [1.807, 2.05) is 0 Å². The molecule has 9 heteroatoms. The first-order chi connectivity index (χ1) is 18.3. The van der Waals surface area contributed by atoms with Gasteiger partial charge in [-0.3, -0.25) is 25.0 Å². The van der Waals surface area contributed by atoms with E-state index < -0.39 is 9.85 Å². The second-order valence-corrected chi connectivity index (χ2v) is 9.20. The summed E-state index contributed by atoms with van der Waals surface area (Å²) < 4.78 is 11.8. The van der Waals surface area contributed by atoms with Gasteiger partial charge in [0, 0.05) is 46.5 Å². The van der Waals surface area contributed by atoms with Gasteiger partial charge in [0.05, 0.1) is 9.85 Å². The average Bonchev–Trinajstić information content (AvgIpc) is 3.57. The Morgan fingerprint density at radius 2 is 1.18 bits per heavy atom. The Labute approximate surface area is 217 Å². The molecule has 1 fully saturated rings. The second kappa shape index (κ2) is 10.1. The monoisotopic (exact) mass is 510 g/mol. The van der Waals surface area contributed by atoms with E-state index in [1.54, 1.807) is 60.7 Å². The van der Waals surface area contributed by atoms with E-state index in [4.69, 9.17) is 8.83 Å². The lowest BCUT2D eigenvalue weighted by atomic mass is 9.81. The first kappa shape index (κ1) is 24.6. The summed E-state index contributed by atoms with van der Waals surface area (Å²) in [6.45, 7) is 2.06. The number of nitro groups is 2. The van der Waals surface area contributed by atoms with Crippen LogP contribution in [0.1, 0.15) is 31.3 Å². The van der Waals surface area contributed by atoms with Crippen molar-refractivity contribution in [2.45, 2.75) is 19.8 Å². The molecule has 2 heterocycles. The van der Waals surface area contributed by atoms with E-state index in [1.165, 1.54) is 24.3 Å². The third-order valence-electron chi connectivity index (χ3n) is 6.29. The molecule has 0 amide bonds. The molecule has 5 rings (SSSR count). The molecule has 0 spiro atoms. The number of non-ortho nitro benzene ring substituents is 2. The molecule has 38 heavy (non-hydrogen) atoms. The molecule has 0 unspecified atom stereocenters. The molecule has 2 aromatic carbocycles. The number of nitrogens with zero attached hydrogens (tertiary/aromatic N) is 2. The van der Waals surface area contributed by atoms with Crippen molar-refractivity contribution in [3.63, 3.8) is 0 Å². The highest BCUT2D eigenvalue weighted by atomic mass is 16.6. The molecule has 1 aliphatic rings. The summed E-state index contributed by atoms with van der Waals surface area (Å²) in [6, 6.07) is 19.2. The molecule has 0 radical (unpaired) electrons. The first-order valence-corrected chi connectivity index (χ1v) is 11.9. The van der Waals surface area contributed by atoms with Crippen LogP contribution in [0, 0.1) is 26.1 Å². The Kier molecular flexibility index (Phi) is 6.57. The van der Waals surface area contributed by atoms with Gasteiger partial charge in [-0.2, -0.15) is 0 Å². The fraction of sp³-hybridized carbons (Fsp3) is 0.138. The molecular formula is C29H22N2O7. The number of Topliss-reactive ketones (excluding diaryl/α,β-unsaturated/α-hetero) is 1. The van der Waals surface area contributed by atoms with E-state index in [2.05, 4.69) is 6.92 Å². The maximum absolute atomic E-state index is 13.3. The third-order valence-corrected chi connectivity index (χ3v) is 6.29. The molecule has 0 atom stereocenters. The van der Waals surface area contributed by atoms with Gasteiger partial charge < -0.3 is 8.83 Å². The minimum absolute atomic E-state index is 0.0311. The van der Waals surface area contributed by atoms with Crippen molar-refractivity contribution >= 4 is 29.3 Å². The van der Waals surface area contributed by atoms with Crippen LogP contribution in [0.5, 0.6) is 0 Å². The van der Waals surface area contributed by atoms with Crippen LogP contribution in [-0.4, -0.2) is 15.6 Å². The van der Waals surface area contributed by atoms with E-state index in [9.17, 15) is 25.0 Å². The summed E-state index contributed by atoms with van der Waals surface area (Å²) in [5.41, 5.74) is 2.28. The molecule has 2 aromatic heterocycles. The summed E-state index contributed by atoms with van der Waals surface area (Å²) in [5.74, 6) is 2.00. The maximum Gasteiger partial charge on any atom is 0.270 e. The van der Waals surface area contributed by atoms with E-state index in [-0.39, 0.29) is 23.1 Å². The second-order valence-electron chi connectivity index (χ2n) is 9.20. The van der Waals surface area contributed by atoms with Crippen molar-refractivity contribution in [3.05, 3.63) is 116 Å². The number of nitro benzene ring substituents is 2. The van der Waals surface area contributed by atoms with Crippen LogP contribution in [0.25, 0.3) is 34.8 Å². The van der Waals surface area contributed by atoms with E-state index in [0.29, 0.717) is 58.2 Å². The van der Waals surface area contributed by atoms with Crippen molar-refractivity contribution in [1.82, 2.24) is 0 Å². The Balaban J connectivity index is 1.39. The molecule has 9 nitrogen and oxygen atoms in total. The molecule has 1 aliphatic carbocycles. The van der Waals surface area contributed by atoms with Gasteiger partial charge in [-0.15, -0.1) is 0 Å². The smallest absolute Gasteiger partial charge is 0.270 e. The minimum atomic E-state index is -0.461. The highest BCUT2D eigenvalue weighted by Gasteiger charge is 2.26. The zero-order valence-electron chi connectivity index (χ0n) is 20.3. The Morgan fingerprint density at radius 3 is 1.61 bits per heavy atom. The molecule has 4 aromatic rings. The van der Waals surface area contributed by atoms with Crippen molar-refractivity contribution in [2.75, 3.05) is 0 Å². The largest absolute Gasteiger partial charge is 0.457 e. The lowest BCUT2D eigenvalue weighted by molar-refractivity contribution is -0.385. The first-order valence-electron chi connectivity index (χ1n) is 11.9. The lowest BCUT2D eigenvalue weighted by Crippen LogP contribution is -2.18. The summed E-state index contributed by atoms with van der Waals surface area (Å²) in [6.07, 6.45) is 4.59. The maximum atomic E-state index is 13.3. The molecule has 0 N–H and O–H groups in total. The van der Waals surface area contributed by atoms with Crippen molar-refractivity contribution in [3.8, 4) is 22.6 Å². The number of furan rings is 2. The van der Waals surface area contributed by atoms with Crippen LogP contribution in [0.4, 0.5) is 11.4 Å². The fourth-order valence-corrected chi connectivity index (χ4v) is 4.52. The highest BCUT2D eigenvalue weighted by molar-refractivity contribution is 6.13. The normalized spacial score (nSPS) is 17.7. The van der Waals surface area contributed by atoms with Crippen molar-refractivity contribution in [2.24, 2.45) is 5.92 Å². The number of benzene rings is 2. The number of rotatable bonds is 6. The van der Waals surface area contributed by atoms with Crippen LogP contribution in [0.3, 0.4) is 0 Å². The zero-order valence-corrected chi connectivity index (χ0v) is 20.3. The molecule has 1 saturated carbocycles. The summed E-state index contributed by atoms with van der Waals surface area (Å²) in [7, 11) is 0. The van der Waals surface area contributed by atoms with Crippen LogP contribution in [-0.2, 0) is 4.79 Å². The summed E-state index contributed by atoms with van der Waals surface area (Å²) in [4.78, 5) is 34.5. The van der Waals surface area contributed by atoms with Gasteiger partial charge in [0.25, 0.3) is 11.4 Å². The van der Waals surface area contributed by atoms with Gasteiger partial charge in [-0.1, -0.05) is 31.2 Å². The van der Waals surface area contributed by atoms with Crippen molar-refractivity contribution < 1.29 is 23.5 Å². The Hall–Kier alpha value is -5.05. The minimum Gasteiger partial charge on any atom is -0.457 e. The molecule has 0 bridgehead atoms. The zero-order chi connectivity index (χ0) is 26.8. The van der Waals surface area contributed by atoms with E-state index >= 15 is 0 Å². The Morgan fingerprint density at radius 1 is 0.737 bits per heavy atom. The third kappa shape index (κ3) is 5.22. The van der Waals surface area contributed by atoms with Gasteiger partial charge in [0.15, 0.2) is 5.78 Å². The predicted octanol–water partition coefficient (Wildman–Crippen LogP) is 7.49. The number of ketones is 1. The van der Waals surface area contributed by atoms with E-state index in [0.717, 1.165) is 0 Å². The molecule has 190 valence electrons. The van der Waals surface area contributed by atoms with Gasteiger partial charge in [-0.25, -0.2) is 0 Å².